The molecule has 35 heavy (non-hydrogen) atoms. The van der Waals surface area contributed by atoms with Gasteiger partial charge in [-0.1, -0.05) is 0 Å². The van der Waals surface area contributed by atoms with Crippen LogP contribution in [-0.2, 0) is 14.3 Å². The zero-order chi connectivity index (χ0) is 25.3. The summed E-state index contributed by atoms with van der Waals surface area (Å²) in [5, 5.41) is 9.78. The maximum Gasteiger partial charge on any atom is 0.410 e. The smallest absolute Gasteiger partial charge is 0.410 e. The summed E-state index contributed by atoms with van der Waals surface area (Å²) in [5.74, 6) is 1.26. The number of hydrogen-bond donors (Lipinski definition) is 1. The molecule has 0 spiro atoms. The minimum absolute atomic E-state index is 0.0655. The molecule has 4 rings (SSSR count). The second-order valence-electron chi connectivity index (χ2n) is 11.4. The van der Waals surface area contributed by atoms with Crippen molar-refractivity contribution in [3.8, 4) is 0 Å². The highest BCUT2D eigenvalue weighted by Gasteiger charge is 2.49. The van der Waals surface area contributed by atoms with Crippen molar-refractivity contribution in [3.63, 3.8) is 0 Å². The Kier molecular flexibility index (Phi) is 8.13. The van der Waals surface area contributed by atoms with Crippen molar-refractivity contribution >= 4 is 18.1 Å². The minimum atomic E-state index is -0.376. The Bertz CT molecular complexity index is 783. The molecular weight excluding hydrogens is 450 g/mol. The Hall–Kier alpha value is -2.03. The maximum absolute atomic E-state index is 13.0. The van der Waals surface area contributed by atoms with E-state index in [1.54, 1.807) is 0 Å². The van der Waals surface area contributed by atoms with Crippen molar-refractivity contribution < 1.29 is 29.0 Å². The lowest BCUT2D eigenvalue weighted by molar-refractivity contribution is -0.136. The van der Waals surface area contributed by atoms with Crippen LogP contribution in [0.25, 0.3) is 0 Å². The molecule has 0 aromatic heterocycles. The topological polar surface area (TPSA) is 99.6 Å². The van der Waals surface area contributed by atoms with Gasteiger partial charge in [0.05, 0.1) is 37.4 Å². The predicted molar refractivity (Wildman–Crippen MR) is 130 cm³/mol. The number of rotatable bonds is 3. The number of ether oxygens (including phenoxy) is 2. The van der Waals surface area contributed by atoms with Gasteiger partial charge in [-0.15, -0.1) is 0 Å². The summed E-state index contributed by atoms with van der Waals surface area (Å²) in [6, 6.07) is -0.284. The van der Waals surface area contributed by atoms with Crippen molar-refractivity contribution in [3.05, 3.63) is 0 Å². The zero-order valence-corrected chi connectivity index (χ0v) is 21.7. The highest BCUT2D eigenvalue weighted by molar-refractivity contribution is 5.79. The molecule has 2 aliphatic heterocycles. The number of aliphatic hydroxyl groups is 1. The number of carbonyl (C=O) groups is 3. The fourth-order valence-corrected chi connectivity index (χ4v) is 7.02. The SMILES string of the molecule is COC(=O)N1C2CCC(C3CCC(C(=O)N4CC[C@@H](O)C4)CC3)CC2N(C(=O)OC(C)C)C[C@@H]1C. The van der Waals surface area contributed by atoms with E-state index in [1.165, 1.54) is 7.11 Å². The van der Waals surface area contributed by atoms with E-state index in [-0.39, 0.29) is 54.3 Å². The summed E-state index contributed by atoms with van der Waals surface area (Å²) < 4.78 is 10.7. The third-order valence-corrected chi connectivity index (χ3v) is 8.73. The second kappa shape index (κ2) is 10.9. The summed E-state index contributed by atoms with van der Waals surface area (Å²) in [5.41, 5.74) is 0. The molecule has 0 aromatic carbocycles. The summed E-state index contributed by atoms with van der Waals surface area (Å²) in [4.78, 5) is 44.0. The van der Waals surface area contributed by atoms with Crippen LogP contribution >= 0.6 is 0 Å². The first kappa shape index (κ1) is 26.0. The summed E-state index contributed by atoms with van der Waals surface area (Å²) in [7, 11) is 1.41. The fourth-order valence-electron chi connectivity index (χ4n) is 7.02. The molecule has 3 amide bonds. The van der Waals surface area contributed by atoms with Crippen LogP contribution in [0.3, 0.4) is 0 Å². The number of aliphatic hydroxyl groups excluding tert-OH is 1. The van der Waals surface area contributed by atoms with Crippen LogP contribution in [0.1, 0.15) is 72.1 Å². The van der Waals surface area contributed by atoms with Crippen molar-refractivity contribution in [1.29, 1.82) is 0 Å². The van der Waals surface area contributed by atoms with Gasteiger partial charge < -0.3 is 24.4 Å². The van der Waals surface area contributed by atoms with E-state index in [1.807, 2.05) is 35.5 Å². The Morgan fingerprint density at radius 1 is 0.886 bits per heavy atom. The average Bonchev–Trinajstić information content (AvgIpc) is 3.28. The maximum atomic E-state index is 13.0. The van der Waals surface area contributed by atoms with Crippen molar-refractivity contribution in [2.45, 2.75) is 102 Å². The Labute approximate surface area is 209 Å². The second-order valence-corrected chi connectivity index (χ2v) is 11.4. The largest absolute Gasteiger partial charge is 0.453 e. The van der Waals surface area contributed by atoms with Crippen molar-refractivity contribution in [2.75, 3.05) is 26.7 Å². The van der Waals surface area contributed by atoms with Crippen LogP contribution in [-0.4, -0.2) is 95.0 Å². The Balaban J connectivity index is 1.41. The Morgan fingerprint density at radius 2 is 1.57 bits per heavy atom. The van der Waals surface area contributed by atoms with Gasteiger partial charge in [-0.05, 0) is 84.0 Å². The van der Waals surface area contributed by atoms with Gasteiger partial charge in [0.1, 0.15) is 0 Å². The van der Waals surface area contributed by atoms with Gasteiger partial charge in [0.2, 0.25) is 5.91 Å². The molecule has 0 radical (unpaired) electrons. The van der Waals surface area contributed by atoms with Gasteiger partial charge in [0.15, 0.2) is 0 Å². The average molecular weight is 494 g/mol. The normalized spacial score (nSPS) is 35.6. The molecule has 3 unspecified atom stereocenters. The number of amides is 3. The molecule has 0 bridgehead atoms. The summed E-state index contributed by atoms with van der Waals surface area (Å²) in [6.07, 6.45) is 6.00. The first-order valence-corrected chi connectivity index (χ1v) is 13.5. The molecule has 0 aromatic rings. The standard InChI is InChI=1S/C26H43N3O6/c1-16(2)35-25(32)28-14-17(3)29(26(33)34-4)22-10-9-20(13-23(22)28)18-5-7-19(8-6-18)24(31)27-12-11-21(30)15-27/h16-23,30H,5-15H2,1-4H3/t17-,18?,19?,20?,21+,22?,23?/m0/s1. The molecule has 4 fully saturated rings. The highest BCUT2D eigenvalue weighted by atomic mass is 16.6. The highest BCUT2D eigenvalue weighted by Crippen LogP contribution is 2.44. The van der Waals surface area contributed by atoms with Crippen LogP contribution in [0.15, 0.2) is 0 Å². The zero-order valence-electron chi connectivity index (χ0n) is 21.7. The molecule has 9 nitrogen and oxygen atoms in total. The fraction of sp³-hybridized carbons (Fsp3) is 0.885. The molecule has 4 aliphatic rings. The number of piperazine rings is 1. The third kappa shape index (κ3) is 5.54. The molecule has 2 aliphatic carbocycles. The molecular formula is C26H43N3O6. The van der Waals surface area contributed by atoms with E-state index >= 15 is 0 Å². The van der Waals surface area contributed by atoms with Crippen molar-refractivity contribution in [1.82, 2.24) is 14.7 Å². The number of fused-ring (bicyclic) bond motifs is 1. The van der Waals surface area contributed by atoms with Crippen LogP contribution < -0.4 is 0 Å². The molecule has 2 heterocycles. The van der Waals surface area contributed by atoms with Crippen molar-refractivity contribution in [2.24, 2.45) is 17.8 Å². The number of methoxy groups -OCH3 is 1. The molecule has 9 heteroatoms. The van der Waals surface area contributed by atoms with E-state index in [0.717, 1.165) is 44.9 Å². The van der Waals surface area contributed by atoms with Gasteiger partial charge in [0, 0.05) is 25.6 Å². The van der Waals surface area contributed by atoms with E-state index in [2.05, 4.69) is 0 Å². The predicted octanol–water partition coefficient (Wildman–Crippen LogP) is 3.24. The molecule has 1 N–H and O–H groups in total. The van der Waals surface area contributed by atoms with Gasteiger partial charge in [0.25, 0.3) is 0 Å². The first-order chi connectivity index (χ1) is 16.7. The quantitative estimate of drug-likeness (QED) is 0.648. The third-order valence-electron chi connectivity index (χ3n) is 8.73. The Morgan fingerprint density at radius 3 is 2.17 bits per heavy atom. The molecule has 198 valence electrons. The number of hydrogen-bond acceptors (Lipinski definition) is 6. The van der Waals surface area contributed by atoms with Gasteiger partial charge in [-0.25, -0.2) is 9.59 Å². The van der Waals surface area contributed by atoms with Crippen LogP contribution in [0.2, 0.25) is 0 Å². The molecule has 2 saturated heterocycles. The van der Waals surface area contributed by atoms with Crippen LogP contribution in [0.4, 0.5) is 9.59 Å². The van der Waals surface area contributed by atoms with Gasteiger partial charge in [-0.2, -0.15) is 0 Å². The van der Waals surface area contributed by atoms with Crippen LogP contribution in [0, 0.1) is 17.8 Å². The molecule has 2 saturated carbocycles. The first-order valence-electron chi connectivity index (χ1n) is 13.5. The molecule has 5 atom stereocenters. The van der Waals surface area contributed by atoms with E-state index < -0.39 is 0 Å². The van der Waals surface area contributed by atoms with Gasteiger partial charge in [-0.3, -0.25) is 9.69 Å². The van der Waals surface area contributed by atoms with E-state index in [4.69, 9.17) is 9.47 Å². The number of likely N-dealkylation sites (tertiary alicyclic amines) is 1. The minimum Gasteiger partial charge on any atom is -0.453 e. The van der Waals surface area contributed by atoms with E-state index in [0.29, 0.717) is 37.9 Å². The monoisotopic (exact) mass is 493 g/mol. The lowest BCUT2D eigenvalue weighted by Gasteiger charge is -2.54. The van der Waals surface area contributed by atoms with Gasteiger partial charge >= 0.3 is 12.2 Å². The van der Waals surface area contributed by atoms with E-state index in [9.17, 15) is 19.5 Å². The lowest BCUT2D eigenvalue weighted by atomic mass is 9.68. The van der Waals surface area contributed by atoms with Crippen LogP contribution in [0.5, 0.6) is 0 Å². The number of nitrogens with zero attached hydrogens (tertiary/aromatic N) is 3. The summed E-state index contributed by atoms with van der Waals surface area (Å²) in [6.45, 7) is 7.26. The number of β-amino-alcohol motifs (C(OH)–C–C–N with tert-alkyl or cyclic N) is 1. The lowest BCUT2D eigenvalue weighted by Crippen LogP contribution is -2.67. The number of carbonyl (C=O) groups excluding carboxylic acids is 3. The summed E-state index contributed by atoms with van der Waals surface area (Å²) >= 11 is 0.